The first kappa shape index (κ1) is 9.39. The minimum atomic E-state index is -1.99. The Labute approximate surface area is 78.7 Å². The van der Waals surface area contributed by atoms with Crippen molar-refractivity contribution in [1.29, 1.82) is 0 Å². The monoisotopic (exact) mass is 203 g/mol. The molecule has 0 aromatic carbocycles. The highest BCUT2D eigenvalue weighted by Gasteiger charge is 2.74. The van der Waals surface area contributed by atoms with Crippen LogP contribution in [0.2, 0.25) is 0 Å². The van der Waals surface area contributed by atoms with E-state index in [0.29, 0.717) is 0 Å². The molecule has 14 heavy (non-hydrogen) atoms. The number of carboxylic acid groups (broad SMARTS) is 2. The van der Waals surface area contributed by atoms with Gasteiger partial charge in [0.2, 0.25) is 0 Å². The van der Waals surface area contributed by atoms with Crippen molar-refractivity contribution >= 4 is 11.9 Å². The van der Waals surface area contributed by atoms with Crippen LogP contribution in [0.1, 0.15) is 6.42 Å². The highest BCUT2D eigenvalue weighted by molar-refractivity contribution is 5.86. The lowest BCUT2D eigenvalue weighted by Crippen LogP contribution is -2.56. The predicted octanol–water partition coefficient (Wildman–Crippen LogP) is -0.543. The summed E-state index contributed by atoms with van der Waals surface area (Å²) in [7, 11) is 0. The summed E-state index contributed by atoms with van der Waals surface area (Å²) in [6, 6.07) is 0. The molecule has 2 aliphatic carbocycles. The van der Waals surface area contributed by atoms with Gasteiger partial charge in [0.05, 0.1) is 5.92 Å². The molecule has 0 unspecified atom stereocenters. The summed E-state index contributed by atoms with van der Waals surface area (Å²) < 4.78 is 13.2. The van der Waals surface area contributed by atoms with Crippen molar-refractivity contribution in [3.05, 3.63) is 0 Å². The molecule has 78 valence electrons. The third kappa shape index (κ3) is 0.863. The summed E-state index contributed by atoms with van der Waals surface area (Å²) in [6.45, 7) is 0. The van der Waals surface area contributed by atoms with Crippen molar-refractivity contribution in [1.82, 2.24) is 0 Å². The number of carboxylic acids is 2. The van der Waals surface area contributed by atoms with E-state index in [1.54, 1.807) is 0 Å². The molecule has 2 aliphatic rings. The van der Waals surface area contributed by atoms with Crippen LogP contribution in [0.15, 0.2) is 0 Å². The summed E-state index contributed by atoms with van der Waals surface area (Å²) in [4.78, 5) is 21.4. The number of carbonyl (C=O) groups is 2. The molecular weight excluding hydrogens is 193 g/mol. The van der Waals surface area contributed by atoms with Crippen LogP contribution < -0.4 is 5.73 Å². The van der Waals surface area contributed by atoms with Gasteiger partial charge in [0.1, 0.15) is 11.7 Å². The van der Waals surface area contributed by atoms with Gasteiger partial charge in [-0.2, -0.15) is 0 Å². The van der Waals surface area contributed by atoms with E-state index in [-0.39, 0.29) is 6.42 Å². The van der Waals surface area contributed by atoms with Gasteiger partial charge in [-0.15, -0.1) is 0 Å². The second-order valence-corrected chi connectivity index (χ2v) is 4.00. The summed E-state index contributed by atoms with van der Waals surface area (Å²) in [5.41, 5.74) is 3.43. The first-order valence-electron chi connectivity index (χ1n) is 4.29. The van der Waals surface area contributed by atoms with E-state index in [1.165, 1.54) is 0 Å². The van der Waals surface area contributed by atoms with Crippen molar-refractivity contribution in [2.45, 2.75) is 18.1 Å². The van der Waals surface area contributed by atoms with Crippen LogP contribution >= 0.6 is 0 Å². The van der Waals surface area contributed by atoms with Gasteiger partial charge in [-0.3, -0.25) is 9.59 Å². The summed E-state index contributed by atoms with van der Waals surface area (Å²) in [5.74, 6) is -4.44. The Morgan fingerprint density at radius 3 is 2.43 bits per heavy atom. The standard InChI is InChI=1S/C8H10FNO4/c9-3-1-2-4(6(11)12)5(2)8(3,10)7(13)14/h2-5H,1,10H2,(H,11,12)(H,13,14)/t2-,3-,4+,5+,8-/m1/s1. The Hall–Kier alpha value is -1.17. The number of alkyl halides is 1. The van der Waals surface area contributed by atoms with E-state index in [2.05, 4.69) is 0 Å². The highest BCUT2D eigenvalue weighted by atomic mass is 19.1. The zero-order chi connectivity index (χ0) is 10.7. The van der Waals surface area contributed by atoms with Crippen LogP contribution in [0.25, 0.3) is 0 Å². The van der Waals surface area contributed by atoms with Gasteiger partial charge in [0.15, 0.2) is 0 Å². The van der Waals surface area contributed by atoms with Gasteiger partial charge in [-0.05, 0) is 12.3 Å². The molecule has 0 saturated heterocycles. The maximum absolute atomic E-state index is 13.2. The number of hydrogen-bond donors (Lipinski definition) is 3. The SMILES string of the molecule is N[C@@]1(C(=O)O)[C@H]2[C@H](C[C@H]1F)[C@@H]2C(=O)O. The maximum Gasteiger partial charge on any atom is 0.327 e. The molecule has 0 amide bonds. The fourth-order valence-electron chi connectivity index (χ4n) is 2.57. The molecule has 5 atom stereocenters. The van der Waals surface area contributed by atoms with Crippen molar-refractivity contribution in [2.75, 3.05) is 0 Å². The first-order chi connectivity index (χ1) is 6.40. The van der Waals surface area contributed by atoms with Gasteiger partial charge >= 0.3 is 11.9 Å². The van der Waals surface area contributed by atoms with Gasteiger partial charge in [0.25, 0.3) is 0 Å². The molecule has 6 heteroatoms. The first-order valence-corrected chi connectivity index (χ1v) is 4.29. The molecule has 2 rings (SSSR count). The Kier molecular flexibility index (Phi) is 1.64. The molecule has 0 bridgehead atoms. The number of aliphatic carboxylic acids is 2. The average Bonchev–Trinajstić information content (AvgIpc) is 2.70. The minimum Gasteiger partial charge on any atom is -0.481 e. The van der Waals surface area contributed by atoms with Crippen molar-refractivity contribution in [3.63, 3.8) is 0 Å². The smallest absolute Gasteiger partial charge is 0.327 e. The Bertz CT molecular complexity index is 320. The van der Waals surface area contributed by atoms with Crippen LogP contribution in [-0.4, -0.2) is 33.9 Å². The summed E-state index contributed by atoms with van der Waals surface area (Å²) in [6.07, 6.45) is -1.68. The number of hydrogen-bond acceptors (Lipinski definition) is 3. The molecule has 0 aromatic rings. The zero-order valence-corrected chi connectivity index (χ0v) is 7.18. The fraction of sp³-hybridized carbons (Fsp3) is 0.750. The van der Waals surface area contributed by atoms with Gasteiger partial charge < -0.3 is 15.9 Å². The van der Waals surface area contributed by atoms with Crippen LogP contribution in [0.5, 0.6) is 0 Å². The second kappa shape index (κ2) is 2.44. The molecule has 0 spiro atoms. The second-order valence-electron chi connectivity index (χ2n) is 4.00. The van der Waals surface area contributed by atoms with E-state index in [1.807, 2.05) is 0 Å². The Morgan fingerprint density at radius 2 is 2.00 bits per heavy atom. The maximum atomic E-state index is 13.2. The van der Waals surface area contributed by atoms with Crippen LogP contribution in [0.4, 0.5) is 4.39 Å². The van der Waals surface area contributed by atoms with E-state index >= 15 is 0 Å². The largest absolute Gasteiger partial charge is 0.481 e. The summed E-state index contributed by atoms with van der Waals surface area (Å²) >= 11 is 0. The molecule has 2 saturated carbocycles. The molecule has 0 aliphatic heterocycles. The number of fused-ring (bicyclic) bond motifs is 1. The zero-order valence-electron chi connectivity index (χ0n) is 7.18. The van der Waals surface area contributed by atoms with E-state index < -0.39 is 41.4 Å². The Balaban J connectivity index is 2.26. The molecule has 0 radical (unpaired) electrons. The lowest BCUT2D eigenvalue weighted by atomic mass is 9.90. The predicted molar refractivity (Wildman–Crippen MR) is 42.2 cm³/mol. The quantitative estimate of drug-likeness (QED) is 0.559. The molecule has 5 nitrogen and oxygen atoms in total. The molecule has 4 N–H and O–H groups in total. The third-order valence-corrected chi connectivity index (χ3v) is 3.37. The lowest BCUT2D eigenvalue weighted by Gasteiger charge is -2.24. The number of halogens is 1. The third-order valence-electron chi connectivity index (χ3n) is 3.37. The van der Waals surface area contributed by atoms with Gasteiger partial charge in [-0.25, -0.2) is 4.39 Å². The van der Waals surface area contributed by atoms with Crippen LogP contribution in [-0.2, 0) is 9.59 Å². The highest BCUT2D eigenvalue weighted by Crippen LogP contribution is 2.62. The fourth-order valence-corrected chi connectivity index (χ4v) is 2.57. The van der Waals surface area contributed by atoms with Crippen molar-refractivity contribution in [3.8, 4) is 0 Å². The van der Waals surface area contributed by atoms with Crippen molar-refractivity contribution in [2.24, 2.45) is 23.5 Å². The molecule has 0 heterocycles. The average molecular weight is 203 g/mol. The molecular formula is C8H10FNO4. The van der Waals surface area contributed by atoms with Crippen LogP contribution in [0, 0.1) is 17.8 Å². The Morgan fingerprint density at radius 1 is 1.43 bits per heavy atom. The lowest BCUT2D eigenvalue weighted by molar-refractivity contribution is -0.147. The summed E-state index contributed by atoms with van der Waals surface area (Å²) in [5, 5.41) is 17.5. The van der Waals surface area contributed by atoms with Gasteiger partial charge in [-0.1, -0.05) is 0 Å². The van der Waals surface area contributed by atoms with Gasteiger partial charge in [0, 0.05) is 5.92 Å². The molecule has 2 fully saturated rings. The number of nitrogens with two attached hydrogens (primary N) is 1. The van der Waals surface area contributed by atoms with E-state index in [0.717, 1.165) is 0 Å². The normalized spacial score (nSPS) is 49.9. The molecule has 0 aromatic heterocycles. The van der Waals surface area contributed by atoms with Crippen LogP contribution in [0.3, 0.4) is 0 Å². The minimum absolute atomic E-state index is 0.0512. The van der Waals surface area contributed by atoms with E-state index in [4.69, 9.17) is 15.9 Å². The van der Waals surface area contributed by atoms with Crippen molar-refractivity contribution < 1.29 is 24.2 Å². The number of rotatable bonds is 2. The van der Waals surface area contributed by atoms with E-state index in [9.17, 15) is 14.0 Å². The topological polar surface area (TPSA) is 101 Å².